The molecule has 8 nitrogen and oxygen atoms in total. The molecule has 0 spiro atoms. The number of carbonyl (C=O) groups is 4. The van der Waals surface area contributed by atoms with Crippen molar-refractivity contribution in [3.05, 3.63) is 35.9 Å². The van der Waals surface area contributed by atoms with Gasteiger partial charge in [0.05, 0.1) is 6.04 Å². The molecule has 8 heteroatoms. The number of benzene rings is 1. The Morgan fingerprint density at radius 1 is 1.19 bits per heavy atom. The zero-order valence-corrected chi connectivity index (χ0v) is 18.6. The maximum Gasteiger partial charge on any atom is 0.408 e. The van der Waals surface area contributed by atoms with Crippen LogP contribution in [-0.4, -0.2) is 42.5 Å². The van der Waals surface area contributed by atoms with Crippen molar-refractivity contribution in [2.45, 2.75) is 71.6 Å². The van der Waals surface area contributed by atoms with E-state index in [1.54, 1.807) is 13.8 Å². The Bertz CT molecular complexity index is 797. The molecule has 2 rings (SSSR count). The third-order valence-corrected chi connectivity index (χ3v) is 5.75. The van der Waals surface area contributed by atoms with Crippen molar-refractivity contribution in [2.75, 3.05) is 6.61 Å². The highest BCUT2D eigenvalue weighted by atomic mass is 16.6. The van der Waals surface area contributed by atoms with Crippen LogP contribution >= 0.6 is 0 Å². The topological polar surface area (TPSA) is 111 Å². The predicted molar refractivity (Wildman–Crippen MR) is 114 cm³/mol. The number of hydrogen-bond acceptors (Lipinski definition) is 6. The third kappa shape index (κ3) is 6.29. The number of unbranched alkanes of at least 4 members (excludes halogenated alkanes) is 1. The first-order valence-corrected chi connectivity index (χ1v) is 10.7. The molecule has 0 aromatic heterocycles. The Labute approximate surface area is 183 Å². The van der Waals surface area contributed by atoms with Crippen LogP contribution in [-0.2, 0) is 23.9 Å². The zero-order chi connectivity index (χ0) is 23.0. The minimum Gasteiger partial charge on any atom is -0.462 e. The fraction of sp³-hybridized carbons (Fsp3) is 0.565. The molecule has 0 radical (unpaired) electrons. The number of amides is 2. The number of rotatable bonds is 10. The van der Waals surface area contributed by atoms with Gasteiger partial charge in [-0.05, 0) is 25.3 Å². The molecule has 1 saturated heterocycles. The number of esters is 1. The lowest BCUT2D eigenvalue weighted by molar-refractivity contribution is -0.145. The van der Waals surface area contributed by atoms with E-state index in [9.17, 15) is 19.2 Å². The first kappa shape index (κ1) is 24.4. The minimum absolute atomic E-state index is 0.165. The fourth-order valence-electron chi connectivity index (χ4n) is 3.36. The van der Waals surface area contributed by atoms with Gasteiger partial charge in [0.25, 0.3) is 5.91 Å². The van der Waals surface area contributed by atoms with Gasteiger partial charge in [0.2, 0.25) is 11.9 Å². The number of carbonyl (C=O) groups excluding carboxylic acids is 4. The van der Waals surface area contributed by atoms with Crippen LogP contribution in [0.15, 0.2) is 30.3 Å². The average Bonchev–Trinajstić information content (AvgIpc) is 3.05. The molecule has 1 unspecified atom stereocenters. The molecule has 170 valence electrons. The van der Waals surface area contributed by atoms with E-state index in [-0.39, 0.29) is 19.1 Å². The summed E-state index contributed by atoms with van der Waals surface area (Å²) >= 11 is 0. The van der Waals surface area contributed by atoms with Crippen LogP contribution in [0.25, 0.3) is 0 Å². The number of hydrogen-bond donors (Lipinski definition) is 2. The molecule has 0 saturated carbocycles. The summed E-state index contributed by atoms with van der Waals surface area (Å²) in [6.45, 7) is 7.56. The number of Topliss-reactive ketones (excluding diaryl/α,β-unsaturated/α-hetero) is 1. The Kier molecular flexibility index (Phi) is 8.59. The quantitative estimate of drug-likeness (QED) is 0.434. The molecule has 2 amide bonds. The second kappa shape index (κ2) is 10.9. The number of alkyl carbamates (subject to hydrolysis) is 1. The van der Waals surface area contributed by atoms with Gasteiger partial charge in [-0.2, -0.15) is 0 Å². The average molecular weight is 433 g/mol. The summed E-state index contributed by atoms with van der Waals surface area (Å²) in [5.74, 6) is -2.14. The number of ketones is 1. The lowest BCUT2D eigenvalue weighted by Gasteiger charge is -2.26. The van der Waals surface area contributed by atoms with Crippen LogP contribution in [0, 0.1) is 5.41 Å². The predicted octanol–water partition coefficient (Wildman–Crippen LogP) is 3.06. The Morgan fingerprint density at radius 2 is 1.87 bits per heavy atom. The van der Waals surface area contributed by atoms with Gasteiger partial charge in [0.15, 0.2) is 0 Å². The summed E-state index contributed by atoms with van der Waals surface area (Å²) in [5.41, 5.74) is 0.236. The van der Waals surface area contributed by atoms with E-state index in [0.717, 1.165) is 12.0 Å². The van der Waals surface area contributed by atoms with Crippen molar-refractivity contribution in [3.63, 3.8) is 0 Å². The first-order valence-electron chi connectivity index (χ1n) is 10.7. The van der Waals surface area contributed by atoms with Crippen LogP contribution in [0.3, 0.4) is 0 Å². The second-order valence-electron chi connectivity index (χ2n) is 8.21. The number of nitrogens with one attached hydrogen (secondary N) is 2. The fourth-order valence-corrected chi connectivity index (χ4v) is 3.36. The Morgan fingerprint density at radius 3 is 2.48 bits per heavy atom. The highest BCUT2D eigenvalue weighted by molar-refractivity contribution is 6.38. The summed E-state index contributed by atoms with van der Waals surface area (Å²) < 4.78 is 10.4. The van der Waals surface area contributed by atoms with Crippen molar-refractivity contribution in [2.24, 2.45) is 5.41 Å². The van der Waals surface area contributed by atoms with E-state index >= 15 is 0 Å². The molecular weight excluding hydrogens is 400 g/mol. The van der Waals surface area contributed by atoms with Gasteiger partial charge in [0, 0.05) is 5.41 Å². The molecular formula is C23H32N2O6. The summed E-state index contributed by atoms with van der Waals surface area (Å²) in [4.78, 5) is 49.7. The van der Waals surface area contributed by atoms with Crippen LogP contribution in [0.1, 0.15) is 65.0 Å². The molecule has 4 atom stereocenters. The van der Waals surface area contributed by atoms with Crippen molar-refractivity contribution in [3.8, 4) is 0 Å². The smallest absolute Gasteiger partial charge is 0.408 e. The highest BCUT2D eigenvalue weighted by Gasteiger charge is 2.49. The highest BCUT2D eigenvalue weighted by Crippen LogP contribution is 2.34. The molecule has 1 aromatic carbocycles. The normalized spacial score (nSPS) is 22.2. The molecule has 2 N–H and O–H groups in total. The van der Waals surface area contributed by atoms with E-state index in [0.29, 0.717) is 12.8 Å². The first-order chi connectivity index (χ1) is 14.7. The third-order valence-electron chi connectivity index (χ3n) is 5.75. The van der Waals surface area contributed by atoms with Crippen molar-refractivity contribution in [1.82, 2.24) is 10.6 Å². The molecule has 1 heterocycles. The lowest BCUT2D eigenvalue weighted by atomic mass is 9.84. The summed E-state index contributed by atoms with van der Waals surface area (Å²) in [5, 5.41) is 5.15. The number of cyclic esters (lactones) is 1. The van der Waals surface area contributed by atoms with E-state index in [2.05, 4.69) is 10.6 Å². The maximum absolute atomic E-state index is 12.8. The van der Waals surface area contributed by atoms with Gasteiger partial charge in [-0.25, -0.2) is 9.59 Å². The van der Waals surface area contributed by atoms with E-state index < -0.39 is 41.3 Å². The monoisotopic (exact) mass is 432 g/mol. The molecule has 31 heavy (non-hydrogen) atoms. The molecule has 1 aliphatic rings. The van der Waals surface area contributed by atoms with Crippen LogP contribution in [0.4, 0.5) is 4.79 Å². The zero-order valence-electron chi connectivity index (χ0n) is 18.6. The van der Waals surface area contributed by atoms with Gasteiger partial charge in [0.1, 0.15) is 12.6 Å². The van der Waals surface area contributed by atoms with Crippen LogP contribution < -0.4 is 10.6 Å². The molecule has 0 aliphatic carbocycles. The molecule has 1 aromatic rings. The summed E-state index contributed by atoms with van der Waals surface area (Å²) in [6, 6.07) is 7.86. The molecule has 1 aliphatic heterocycles. The van der Waals surface area contributed by atoms with Gasteiger partial charge >= 0.3 is 12.1 Å². The summed E-state index contributed by atoms with van der Waals surface area (Å²) in [6.07, 6.45) is 0.321. The maximum atomic E-state index is 12.8. The van der Waals surface area contributed by atoms with Crippen molar-refractivity contribution >= 4 is 23.8 Å². The van der Waals surface area contributed by atoms with Gasteiger partial charge in [-0.15, -0.1) is 0 Å². The second-order valence-corrected chi connectivity index (χ2v) is 8.21. The van der Waals surface area contributed by atoms with E-state index in [1.807, 2.05) is 44.2 Å². The van der Waals surface area contributed by atoms with Crippen molar-refractivity contribution in [1.29, 1.82) is 0 Å². The Hall–Kier alpha value is -2.90. The van der Waals surface area contributed by atoms with Gasteiger partial charge in [-0.1, -0.05) is 63.9 Å². The van der Waals surface area contributed by atoms with Gasteiger partial charge in [-0.3, -0.25) is 9.59 Å². The lowest BCUT2D eigenvalue weighted by Crippen LogP contribution is -2.49. The molecule has 0 bridgehead atoms. The van der Waals surface area contributed by atoms with Crippen LogP contribution in [0.2, 0.25) is 0 Å². The van der Waals surface area contributed by atoms with Crippen LogP contribution in [0.5, 0.6) is 0 Å². The van der Waals surface area contributed by atoms with Crippen molar-refractivity contribution < 1.29 is 28.7 Å². The number of ether oxygens (including phenoxy) is 2. The largest absolute Gasteiger partial charge is 0.462 e. The van der Waals surface area contributed by atoms with E-state index in [1.165, 1.54) is 0 Å². The van der Waals surface area contributed by atoms with E-state index in [4.69, 9.17) is 9.47 Å². The standard InChI is InChI=1S/C23H32N2O6/c1-5-7-13-17(18(26)20(27)24-15(3)16-11-9-8-10-12-16)25-22(29)31-19-21(28)30-14-23(19,4)6-2/h8-12,15,17,19H,5-7,13-14H2,1-4H3,(H,24,27)(H,25,29)/t15-,17+,19?,23-/m1/s1. The van der Waals surface area contributed by atoms with Gasteiger partial charge < -0.3 is 20.1 Å². The Balaban J connectivity index is 2.02. The minimum atomic E-state index is -1.05. The SMILES string of the molecule is CCCC[C@H](NC(=O)OC1C(=O)OC[C@@]1(C)CC)C(=O)C(=O)N[C@H](C)c1ccccc1. The summed E-state index contributed by atoms with van der Waals surface area (Å²) in [7, 11) is 0. The molecule has 1 fully saturated rings.